The summed E-state index contributed by atoms with van der Waals surface area (Å²) in [6.45, 7) is 13.4. The van der Waals surface area contributed by atoms with Crippen LogP contribution in [0.15, 0.2) is 22.7 Å². The minimum atomic E-state index is 0.525. The van der Waals surface area contributed by atoms with E-state index < -0.39 is 0 Å². The standard InChI is InChI=1S/C17H27BrN2S/c1-12(2)19-8-15-5-6-16(17(18)7-15)11-20-9-13(3)21-14(4)10-20/h5-7,12-14,19H,8-11H2,1-4H3. The fourth-order valence-electron chi connectivity index (χ4n) is 2.81. The highest BCUT2D eigenvalue weighted by Crippen LogP contribution is 2.27. The van der Waals surface area contributed by atoms with Crippen molar-refractivity contribution in [3.8, 4) is 0 Å². The Hall–Kier alpha value is -0.0300. The van der Waals surface area contributed by atoms with Gasteiger partial charge in [0, 0.05) is 47.2 Å². The Labute approximate surface area is 142 Å². The van der Waals surface area contributed by atoms with E-state index in [9.17, 15) is 0 Å². The van der Waals surface area contributed by atoms with Crippen LogP contribution in [0.3, 0.4) is 0 Å². The Morgan fingerprint density at radius 2 is 1.95 bits per heavy atom. The lowest BCUT2D eigenvalue weighted by atomic mass is 10.1. The van der Waals surface area contributed by atoms with E-state index in [0.717, 1.165) is 23.6 Å². The van der Waals surface area contributed by atoms with Crippen LogP contribution in [0.1, 0.15) is 38.8 Å². The molecule has 1 aromatic rings. The van der Waals surface area contributed by atoms with E-state index >= 15 is 0 Å². The zero-order chi connectivity index (χ0) is 15.4. The first-order valence-corrected chi connectivity index (χ1v) is 9.56. The van der Waals surface area contributed by atoms with Crippen molar-refractivity contribution >= 4 is 27.7 Å². The molecule has 2 nitrogen and oxygen atoms in total. The molecule has 2 unspecified atom stereocenters. The zero-order valence-corrected chi connectivity index (χ0v) is 15.9. The maximum atomic E-state index is 3.75. The van der Waals surface area contributed by atoms with Gasteiger partial charge < -0.3 is 5.32 Å². The van der Waals surface area contributed by atoms with Crippen molar-refractivity contribution in [1.82, 2.24) is 10.2 Å². The Morgan fingerprint density at radius 1 is 1.29 bits per heavy atom. The summed E-state index contributed by atoms with van der Waals surface area (Å²) in [5.74, 6) is 0. The molecule has 0 spiro atoms. The molecule has 2 atom stereocenters. The second-order valence-corrected chi connectivity index (χ2v) is 9.15. The minimum absolute atomic E-state index is 0.525. The molecule has 1 N–H and O–H groups in total. The van der Waals surface area contributed by atoms with Crippen LogP contribution in [0.4, 0.5) is 0 Å². The second kappa shape index (κ2) is 8.00. The van der Waals surface area contributed by atoms with Gasteiger partial charge >= 0.3 is 0 Å². The second-order valence-electron chi connectivity index (χ2n) is 6.41. The van der Waals surface area contributed by atoms with Gasteiger partial charge in [0.05, 0.1) is 0 Å². The number of halogens is 1. The highest BCUT2D eigenvalue weighted by molar-refractivity contribution is 9.10. The molecule has 21 heavy (non-hydrogen) atoms. The Bertz CT molecular complexity index is 454. The van der Waals surface area contributed by atoms with Crippen molar-refractivity contribution in [2.75, 3.05) is 13.1 Å². The van der Waals surface area contributed by atoms with Gasteiger partial charge in [0.15, 0.2) is 0 Å². The fourth-order valence-corrected chi connectivity index (χ4v) is 4.74. The summed E-state index contributed by atoms with van der Waals surface area (Å²) < 4.78 is 1.24. The molecule has 0 saturated carbocycles. The van der Waals surface area contributed by atoms with E-state index in [1.165, 1.54) is 28.7 Å². The van der Waals surface area contributed by atoms with E-state index in [1.807, 2.05) is 0 Å². The van der Waals surface area contributed by atoms with Gasteiger partial charge in [0.1, 0.15) is 0 Å². The lowest BCUT2D eigenvalue weighted by Gasteiger charge is -2.34. The normalized spacial score (nSPS) is 23.7. The number of thioether (sulfide) groups is 1. The fraction of sp³-hybridized carbons (Fsp3) is 0.647. The molecule has 1 aliphatic rings. The quantitative estimate of drug-likeness (QED) is 0.832. The zero-order valence-electron chi connectivity index (χ0n) is 13.5. The highest BCUT2D eigenvalue weighted by atomic mass is 79.9. The summed E-state index contributed by atoms with van der Waals surface area (Å²) in [5, 5.41) is 4.94. The summed E-state index contributed by atoms with van der Waals surface area (Å²) in [6.07, 6.45) is 0. The van der Waals surface area contributed by atoms with Gasteiger partial charge in [-0.1, -0.05) is 55.8 Å². The van der Waals surface area contributed by atoms with Gasteiger partial charge in [-0.05, 0) is 17.2 Å². The Balaban J connectivity index is 1.97. The van der Waals surface area contributed by atoms with Crippen LogP contribution in [-0.4, -0.2) is 34.5 Å². The Kier molecular flexibility index (Phi) is 6.60. The molecule has 1 aliphatic heterocycles. The smallest absolute Gasteiger partial charge is 0.0245 e. The lowest BCUT2D eigenvalue weighted by Crippen LogP contribution is -2.39. The van der Waals surface area contributed by atoms with Crippen LogP contribution in [0.2, 0.25) is 0 Å². The van der Waals surface area contributed by atoms with Crippen LogP contribution < -0.4 is 5.32 Å². The van der Waals surface area contributed by atoms with Gasteiger partial charge in [-0.2, -0.15) is 11.8 Å². The largest absolute Gasteiger partial charge is 0.310 e. The van der Waals surface area contributed by atoms with Crippen molar-refractivity contribution in [3.63, 3.8) is 0 Å². The molecule has 0 aromatic heterocycles. The molecule has 118 valence electrons. The molecular formula is C17H27BrN2S. The molecule has 0 radical (unpaired) electrons. The predicted molar refractivity (Wildman–Crippen MR) is 97.9 cm³/mol. The van der Waals surface area contributed by atoms with E-state index in [1.54, 1.807) is 0 Å². The van der Waals surface area contributed by atoms with Crippen molar-refractivity contribution in [2.45, 2.75) is 57.3 Å². The molecule has 1 aromatic carbocycles. The van der Waals surface area contributed by atoms with Gasteiger partial charge in [0.25, 0.3) is 0 Å². The van der Waals surface area contributed by atoms with Crippen LogP contribution in [0.25, 0.3) is 0 Å². The first-order valence-electron chi connectivity index (χ1n) is 7.82. The van der Waals surface area contributed by atoms with Crippen molar-refractivity contribution in [1.29, 1.82) is 0 Å². The number of hydrogen-bond donors (Lipinski definition) is 1. The lowest BCUT2D eigenvalue weighted by molar-refractivity contribution is 0.262. The predicted octanol–water partition coefficient (Wildman–Crippen LogP) is 4.27. The molecule has 1 saturated heterocycles. The summed E-state index contributed by atoms with van der Waals surface area (Å²) in [5.41, 5.74) is 2.74. The van der Waals surface area contributed by atoms with Gasteiger partial charge in [-0.25, -0.2) is 0 Å². The van der Waals surface area contributed by atoms with E-state index in [0.29, 0.717) is 6.04 Å². The van der Waals surface area contributed by atoms with Crippen molar-refractivity contribution in [2.24, 2.45) is 0 Å². The topological polar surface area (TPSA) is 15.3 Å². The third-order valence-corrected chi connectivity index (χ3v) is 5.69. The maximum Gasteiger partial charge on any atom is 0.0245 e. The van der Waals surface area contributed by atoms with Gasteiger partial charge in [0.2, 0.25) is 0 Å². The first-order chi connectivity index (χ1) is 9.94. The number of hydrogen-bond acceptors (Lipinski definition) is 3. The van der Waals surface area contributed by atoms with E-state index in [-0.39, 0.29) is 0 Å². The monoisotopic (exact) mass is 370 g/mol. The summed E-state index contributed by atoms with van der Waals surface area (Å²) in [7, 11) is 0. The van der Waals surface area contributed by atoms with E-state index in [4.69, 9.17) is 0 Å². The summed E-state index contributed by atoms with van der Waals surface area (Å²) >= 11 is 5.86. The average molecular weight is 371 g/mol. The average Bonchev–Trinajstić information content (AvgIpc) is 2.38. The number of benzene rings is 1. The van der Waals surface area contributed by atoms with Crippen molar-refractivity contribution < 1.29 is 0 Å². The summed E-state index contributed by atoms with van der Waals surface area (Å²) in [4.78, 5) is 2.58. The number of nitrogens with zero attached hydrogens (tertiary/aromatic N) is 1. The summed E-state index contributed by atoms with van der Waals surface area (Å²) in [6, 6.07) is 7.31. The molecule has 1 heterocycles. The highest BCUT2D eigenvalue weighted by Gasteiger charge is 2.22. The van der Waals surface area contributed by atoms with Gasteiger partial charge in [-0.3, -0.25) is 4.90 Å². The maximum absolute atomic E-state index is 3.75. The molecule has 1 fully saturated rings. The van der Waals surface area contributed by atoms with Gasteiger partial charge in [-0.15, -0.1) is 0 Å². The molecule has 0 bridgehead atoms. The third-order valence-electron chi connectivity index (χ3n) is 3.72. The molecule has 0 aliphatic carbocycles. The third kappa shape index (κ3) is 5.59. The molecule has 2 rings (SSSR count). The number of nitrogens with one attached hydrogen (secondary N) is 1. The SMILES string of the molecule is CC(C)NCc1ccc(CN2CC(C)SC(C)C2)c(Br)c1. The molecule has 0 amide bonds. The molecular weight excluding hydrogens is 344 g/mol. The van der Waals surface area contributed by atoms with E-state index in [2.05, 4.69) is 83.8 Å². The van der Waals surface area contributed by atoms with Crippen LogP contribution in [-0.2, 0) is 13.1 Å². The van der Waals surface area contributed by atoms with Crippen LogP contribution >= 0.6 is 27.7 Å². The Morgan fingerprint density at radius 3 is 2.52 bits per heavy atom. The number of rotatable bonds is 5. The van der Waals surface area contributed by atoms with Crippen LogP contribution in [0.5, 0.6) is 0 Å². The van der Waals surface area contributed by atoms with Crippen LogP contribution in [0, 0.1) is 0 Å². The minimum Gasteiger partial charge on any atom is -0.310 e. The molecule has 4 heteroatoms. The first kappa shape index (κ1) is 17.3. The van der Waals surface area contributed by atoms with Crippen molar-refractivity contribution in [3.05, 3.63) is 33.8 Å².